The van der Waals surface area contributed by atoms with E-state index in [0.29, 0.717) is 18.9 Å². The summed E-state index contributed by atoms with van der Waals surface area (Å²) in [5.74, 6) is 0.361. The summed E-state index contributed by atoms with van der Waals surface area (Å²) in [5, 5.41) is 9.56. The van der Waals surface area contributed by atoms with Crippen LogP contribution in [0.4, 0.5) is 0 Å². The highest BCUT2D eigenvalue weighted by Crippen LogP contribution is 2.34. The maximum absolute atomic E-state index is 11.3. The first-order chi connectivity index (χ1) is 9.19. The predicted molar refractivity (Wildman–Crippen MR) is 74.0 cm³/mol. The molecule has 1 aromatic rings. The first kappa shape index (κ1) is 14.1. The van der Waals surface area contributed by atoms with Gasteiger partial charge in [0.15, 0.2) is 0 Å². The van der Waals surface area contributed by atoms with Gasteiger partial charge in [-0.1, -0.05) is 24.3 Å². The fourth-order valence-electron chi connectivity index (χ4n) is 2.70. The van der Waals surface area contributed by atoms with E-state index in [4.69, 9.17) is 4.74 Å². The summed E-state index contributed by atoms with van der Waals surface area (Å²) in [7, 11) is 0. The van der Waals surface area contributed by atoms with E-state index in [9.17, 15) is 9.90 Å². The molecule has 3 heteroatoms. The molecule has 0 saturated heterocycles. The largest absolute Gasteiger partial charge is 0.466 e. The predicted octanol–water partition coefficient (Wildman–Crippen LogP) is 2.81. The van der Waals surface area contributed by atoms with Gasteiger partial charge in [0.1, 0.15) is 0 Å². The highest BCUT2D eigenvalue weighted by Gasteiger charge is 2.23. The van der Waals surface area contributed by atoms with E-state index in [2.05, 4.69) is 24.3 Å². The Labute approximate surface area is 114 Å². The smallest absolute Gasteiger partial charge is 0.306 e. The summed E-state index contributed by atoms with van der Waals surface area (Å²) in [4.78, 5) is 11.3. The lowest BCUT2D eigenvalue weighted by Crippen LogP contribution is -2.05. The number of aliphatic hydroxyl groups is 1. The standard InChI is InChI=1S/C16H22O3/c1-2-19-16(18)10-5-12-3-6-13(7-4-12)14-8-9-15(17)11-14/h3-4,6-7,14-15,17H,2,5,8-11H2,1H3. The van der Waals surface area contributed by atoms with Crippen molar-refractivity contribution in [3.8, 4) is 0 Å². The van der Waals surface area contributed by atoms with Gasteiger partial charge in [-0.2, -0.15) is 0 Å². The van der Waals surface area contributed by atoms with Gasteiger partial charge in [-0.15, -0.1) is 0 Å². The van der Waals surface area contributed by atoms with Crippen LogP contribution in [0.1, 0.15) is 49.7 Å². The van der Waals surface area contributed by atoms with Gasteiger partial charge in [0, 0.05) is 6.42 Å². The number of carbonyl (C=O) groups is 1. The Kier molecular flexibility index (Phi) is 4.97. The highest BCUT2D eigenvalue weighted by molar-refractivity contribution is 5.69. The molecule has 0 aromatic heterocycles. The number of hydrogen-bond acceptors (Lipinski definition) is 3. The Morgan fingerprint density at radius 2 is 2.05 bits per heavy atom. The number of aliphatic hydroxyl groups excluding tert-OH is 1. The molecule has 104 valence electrons. The number of esters is 1. The van der Waals surface area contributed by atoms with Crippen LogP contribution in [-0.4, -0.2) is 23.8 Å². The molecule has 1 saturated carbocycles. The molecule has 1 aliphatic carbocycles. The van der Waals surface area contributed by atoms with Crippen LogP contribution >= 0.6 is 0 Å². The summed E-state index contributed by atoms with van der Waals surface area (Å²) < 4.78 is 4.91. The van der Waals surface area contributed by atoms with Gasteiger partial charge in [0.2, 0.25) is 0 Å². The van der Waals surface area contributed by atoms with Gasteiger partial charge in [-0.3, -0.25) is 4.79 Å². The number of rotatable bonds is 5. The van der Waals surface area contributed by atoms with Crippen LogP contribution in [-0.2, 0) is 16.0 Å². The molecule has 1 fully saturated rings. The molecule has 3 nitrogen and oxygen atoms in total. The Morgan fingerprint density at radius 3 is 2.63 bits per heavy atom. The lowest BCUT2D eigenvalue weighted by molar-refractivity contribution is -0.143. The highest BCUT2D eigenvalue weighted by atomic mass is 16.5. The molecule has 2 unspecified atom stereocenters. The fraction of sp³-hybridized carbons (Fsp3) is 0.562. The number of carbonyl (C=O) groups excluding carboxylic acids is 1. The van der Waals surface area contributed by atoms with Crippen molar-refractivity contribution < 1.29 is 14.6 Å². The summed E-state index contributed by atoms with van der Waals surface area (Å²) in [6.07, 6.45) is 3.90. The molecule has 0 radical (unpaired) electrons. The zero-order valence-electron chi connectivity index (χ0n) is 11.5. The molecule has 0 aliphatic heterocycles. The monoisotopic (exact) mass is 262 g/mol. The Balaban J connectivity index is 1.86. The summed E-state index contributed by atoms with van der Waals surface area (Å²) in [6.45, 7) is 2.27. The lowest BCUT2D eigenvalue weighted by atomic mass is 9.96. The van der Waals surface area contributed by atoms with Crippen LogP contribution in [0, 0.1) is 0 Å². The van der Waals surface area contributed by atoms with Gasteiger partial charge in [-0.25, -0.2) is 0 Å². The average Bonchev–Trinajstić information content (AvgIpc) is 2.84. The summed E-state index contributed by atoms with van der Waals surface area (Å²) in [6, 6.07) is 8.42. The molecule has 0 spiro atoms. The van der Waals surface area contributed by atoms with Gasteiger partial charge in [-0.05, 0) is 49.7 Å². The number of hydrogen-bond donors (Lipinski definition) is 1. The number of aryl methyl sites for hydroxylation is 1. The van der Waals surface area contributed by atoms with Gasteiger partial charge in [0.25, 0.3) is 0 Å². The molecule has 2 rings (SSSR count). The molecule has 0 amide bonds. The van der Waals surface area contributed by atoms with Crippen molar-refractivity contribution >= 4 is 5.97 Å². The third-order valence-electron chi connectivity index (χ3n) is 3.78. The van der Waals surface area contributed by atoms with Crippen molar-refractivity contribution in [3.05, 3.63) is 35.4 Å². The maximum Gasteiger partial charge on any atom is 0.306 e. The quantitative estimate of drug-likeness (QED) is 0.830. The van der Waals surface area contributed by atoms with Crippen LogP contribution in [0.2, 0.25) is 0 Å². The average molecular weight is 262 g/mol. The van der Waals surface area contributed by atoms with E-state index in [1.807, 2.05) is 6.92 Å². The first-order valence-corrected chi connectivity index (χ1v) is 7.11. The number of benzene rings is 1. The normalized spacial score (nSPS) is 22.4. The van der Waals surface area contributed by atoms with Crippen molar-refractivity contribution in [2.75, 3.05) is 6.61 Å². The summed E-state index contributed by atoms with van der Waals surface area (Å²) >= 11 is 0. The molecule has 19 heavy (non-hydrogen) atoms. The third-order valence-corrected chi connectivity index (χ3v) is 3.78. The minimum Gasteiger partial charge on any atom is -0.466 e. The van der Waals surface area contributed by atoms with Crippen LogP contribution in [0.25, 0.3) is 0 Å². The molecule has 1 N–H and O–H groups in total. The van der Waals surface area contributed by atoms with E-state index in [0.717, 1.165) is 31.2 Å². The number of ether oxygens (including phenoxy) is 1. The molecular formula is C16H22O3. The molecule has 2 atom stereocenters. The SMILES string of the molecule is CCOC(=O)CCc1ccc(C2CCC(O)C2)cc1. The Hall–Kier alpha value is -1.35. The molecule has 0 heterocycles. The minimum atomic E-state index is -0.134. The van der Waals surface area contributed by atoms with Gasteiger partial charge < -0.3 is 9.84 Å². The molecule has 0 bridgehead atoms. The molecule has 1 aliphatic rings. The van der Waals surface area contributed by atoms with Crippen LogP contribution in [0.15, 0.2) is 24.3 Å². The molecular weight excluding hydrogens is 240 g/mol. The van der Waals surface area contributed by atoms with Gasteiger partial charge >= 0.3 is 5.97 Å². The zero-order valence-corrected chi connectivity index (χ0v) is 11.5. The second-order valence-corrected chi connectivity index (χ2v) is 5.21. The Morgan fingerprint density at radius 1 is 1.32 bits per heavy atom. The lowest BCUT2D eigenvalue weighted by Gasteiger charge is -2.10. The Bertz CT molecular complexity index is 411. The first-order valence-electron chi connectivity index (χ1n) is 7.11. The minimum absolute atomic E-state index is 0.131. The third kappa shape index (κ3) is 4.06. The topological polar surface area (TPSA) is 46.5 Å². The summed E-state index contributed by atoms with van der Waals surface area (Å²) in [5.41, 5.74) is 2.46. The van der Waals surface area contributed by atoms with Crippen molar-refractivity contribution in [2.24, 2.45) is 0 Å². The fourth-order valence-corrected chi connectivity index (χ4v) is 2.70. The van der Waals surface area contributed by atoms with Crippen molar-refractivity contribution in [1.82, 2.24) is 0 Å². The van der Waals surface area contributed by atoms with Crippen molar-refractivity contribution in [2.45, 2.75) is 51.0 Å². The van der Waals surface area contributed by atoms with E-state index in [1.165, 1.54) is 5.56 Å². The van der Waals surface area contributed by atoms with E-state index >= 15 is 0 Å². The van der Waals surface area contributed by atoms with Gasteiger partial charge in [0.05, 0.1) is 12.7 Å². The van der Waals surface area contributed by atoms with Crippen LogP contribution < -0.4 is 0 Å². The van der Waals surface area contributed by atoms with Crippen LogP contribution in [0.3, 0.4) is 0 Å². The second kappa shape index (κ2) is 6.71. The van der Waals surface area contributed by atoms with E-state index < -0.39 is 0 Å². The van der Waals surface area contributed by atoms with Crippen molar-refractivity contribution in [3.63, 3.8) is 0 Å². The second-order valence-electron chi connectivity index (χ2n) is 5.21. The van der Waals surface area contributed by atoms with Crippen LogP contribution in [0.5, 0.6) is 0 Å². The zero-order chi connectivity index (χ0) is 13.7. The van der Waals surface area contributed by atoms with E-state index in [-0.39, 0.29) is 12.1 Å². The van der Waals surface area contributed by atoms with Crippen molar-refractivity contribution in [1.29, 1.82) is 0 Å². The maximum atomic E-state index is 11.3. The molecule has 1 aromatic carbocycles. The van der Waals surface area contributed by atoms with E-state index in [1.54, 1.807) is 0 Å².